The number of rotatable bonds is 2. The Morgan fingerprint density at radius 2 is 1.48 bits per heavy atom. The minimum absolute atomic E-state index is 0.246. The van der Waals surface area contributed by atoms with Crippen molar-refractivity contribution in [1.82, 2.24) is 0 Å². The van der Waals surface area contributed by atoms with Crippen molar-refractivity contribution in [1.29, 1.82) is 0 Å². The second kappa shape index (κ2) is 7.59. The van der Waals surface area contributed by atoms with Gasteiger partial charge in [-0.2, -0.15) is 0 Å². The number of esters is 1. The monoisotopic (exact) mass is 503 g/mol. The van der Waals surface area contributed by atoms with Crippen LogP contribution in [0.25, 0.3) is 6.08 Å². The quantitative estimate of drug-likeness (QED) is 0.314. The molecule has 29 heavy (non-hydrogen) atoms. The van der Waals surface area contributed by atoms with E-state index in [1.807, 2.05) is 36.4 Å². The van der Waals surface area contributed by atoms with Gasteiger partial charge in [0.25, 0.3) is 0 Å². The molecular formula is C24H26INO3. The van der Waals surface area contributed by atoms with E-state index in [-0.39, 0.29) is 16.5 Å². The van der Waals surface area contributed by atoms with Crippen LogP contribution in [0.4, 0.5) is 0 Å². The van der Waals surface area contributed by atoms with Crippen LogP contribution >= 0.6 is 22.6 Å². The number of nitrogens with zero attached hydrogens (tertiary/aromatic N) is 1. The molecule has 0 saturated carbocycles. The summed E-state index contributed by atoms with van der Waals surface area (Å²) in [5, 5.41) is 10.9. The summed E-state index contributed by atoms with van der Waals surface area (Å²) in [7, 11) is 0. The van der Waals surface area contributed by atoms with Gasteiger partial charge >= 0.3 is 5.97 Å². The fraction of sp³-hybridized carbons (Fsp3) is 0.333. The molecule has 5 heteroatoms. The van der Waals surface area contributed by atoms with Gasteiger partial charge in [-0.3, -0.25) is 0 Å². The summed E-state index contributed by atoms with van der Waals surface area (Å²) in [6, 6.07) is 11.5. The van der Waals surface area contributed by atoms with E-state index in [1.165, 1.54) is 0 Å². The average Bonchev–Trinajstić information content (AvgIpc) is 2.95. The zero-order chi connectivity index (χ0) is 21.6. The Balaban J connectivity index is 2.09. The lowest BCUT2D eigenvalue weighted by Crippen LogP contribution is -2.17. The summed E-state index contributed by atoms with van der Waals surface area (Å²) < 4.78 is 6.48. The normalized spacial score (nSPS) is 16.2. The van der Waals surface area contributed by atoms with Crippen LogP contribution in [0.15, 0.2) is 47.1 Å². The van der Waals surface area contributed by atoms with Gasteiger partial charge in [0.15, 0.2) is 5.70 Å². The number of hydrogen-bond acceptors (Lipinski definition) is 4. The topological polar surface area (TPSA) is 58.9 Å². The Labute approximate surface area is 185 Å². The Hall–Kier alpha value is -2.15. The molecule has 0 saturated heterocycles. The summed E-state index contributed by atoms with van der Waals surface area (Å²) >= 11 is 2.22. The molecule has 0 fully saturated rings. The molecule has 1 N–H and O–H groups in total. The van der Waals surface area contributed by atoms with Crippen LogP contribution in [-0.4, -0.2) is 17.0 Å². The minimum atomic E-state index is -0.471. The molecule has 0 aliphatic carbocycles. The van der Waals surface area contributed by atoms with Gasteiger partial charge in [-0.1, -0.05) is 41.5 Å². The second-order valence-electron chi connectivity index (χ2n) is 9.31. The third-order valence-corrected chi connectivity index (χ3v) is 5.48. The number of hydrogen-bond donors (Lipinski definition) is 1. The number of aromatic hydroxyl groups is 1. The molecule has 0 bridgehead atoms. The number of carbonyl (C=O) groups excluding carboxylic acids is 1. The predicted octanol–water partition coefficient (Wildman–Crippen LogP) is 5.94. The minimum Gasteiger partial charge on any atom is -0.507 e. The van der Waals surface area contributed by atoms with Crippen LogP contribution in [0.1, 0.15) is 63.8 Å². The number of ether oxygens (including phenoxy) is 1. The number of cyclic esters (lactones) is 1. The summed E-state index contributed by atoms with van der Waals surface area (Å²) in [5.74, 6) is 0.147. The van der Waals surface area contributed by atoms with Gasteiger partial charge in [0.1, 0.15) is 5.75 Å². The third kappa shape index (κ3) is 4.71. The van der Waals surface area contributed by atoms with E-state index in [0.717, 1.165) is 25.8 Å². The van der Waals surface area contributed by atoms with E-state index < -0.39 is 5.97 Å². The lowest BCUT2D eigenvalue weighted by molar-refractivity contribution is -0.129. The van der Waals surface area contributed by atoms with Gasteiger partial charge in [0, 0.05) is 20.3 Å². The Kier molecular flexibility index (Phi) is 5.64. The van der Waals surface area contributed by atoms with Crippen molar-refractivity contribution in [2.24, 2.45) is 4.99 Å². The zero-order valence-electron chi connectivity index (χ0n) is 17.6. The van der Waals surface area contributed by atoms with Crippen molar-refractivity contribution in [2.75, 3.05) is 0 Å². The number of benzene rings is 2. The lowest BCUT2D eigenvalue weighted by atomic mass is 9.78. The van der Waals surface area contributed by atoms with E-state index in [4.69, 9.17) is 4.74 Å². The largest absolute Gasteiger partial charge is 0.507 e. The molecule has 1 heterocycles. The highest BCUT2D eigenvalue weighted by atomic mass is 127. The zero-order valence-corrected chi connectivity index (χ0v) is 19.8. The van der Waals surface area contributed by atoms with Gasteiger partial charge < -0.3 is 9.84 Å². The summed E-state index contributed by atoms with van der Waals surface area (Å²) in [5.41, 5.74) is 3.02. The van der Waals surface area contributed by atoms with Gasteiger partial charge in [-0.15, -0.1) is 0 Å². The smallest absolute Gasteiger partial charge is 0.363 e. The first-order valence-electron chi connectivity index (χ1n) is 9.53. The third-order valence-electron chi connectivity index (χ3n) is 4.76. The maximum atomic E-state index is 12.4. The molecule has 2 aromatic rings. The van der Waals surface area contributed by atoms with E-state index >= 15 is 0 Å². The van der Waals surface area contributed by atoms with Crippen molar-refractivity contribution < 1.29 is 14.6 Å². The summed E-state index contributed by atoms with van der Waals surface area (Å²) in [6.45, 7) is 12.3. The first kappa shape index (κ1) is 21.6. The van der Waals surface area contributed by atoms with Crippen molar-refractivity contribution in [3.05, 3.63) is 67.9 Å². The fourth-order valence-electron chi connectivity index (χ4n) is 3.17. The van der Waals surface area contributed by atoms with Gasteiger partial charge in [-0.05, 0) is 81.5 Å². The molecule has 1 aliphatic rings. The van der Waals surface area contributed by atoms with Gasteiger partial charge in [-0.25, -0.2) is 9.79 Å². The molecule has 1 aliphatic heterocycles. The SMILES string of the molecule is CC(C)(C)c1cc(C=C2N=C(c3ccc(I)cc3)OC2=O)cc(C(C)(C)C)c1O. The highest BCUT2D eigenvalue weighted by Gasteiger charge is 2.28. The molecule has 152 valence electrons. The van der Waals surface area contributed by atoms with Crippen LogP contribution in [0.5, 0.6) is 5.75 Å². The van der Waals surface area contributed by atoms with Crippen molar-refractivity contribution >= 4 is 40.5 Å². The van der Waals surface area contributed by atoms with Crippen molar-refractivity contribution in [3.63, 3.8) is 0 Å². The number of phenols is 1. The molecule has 0 aromatic heterocycles. The fourth-order valence-corrected chi connectivity index (χ4v) is 3.53. The maximum absolute atomic E-state index is 12.4. The Morgan fingerprint density at radius 3 is 1.97 bits per heavy atom. The summed E-state index contributed by atoms with van der Waals surface area (Å²) in [6.07, 6.45) is 1.73. The number of phenolic OH excluding ortho intramolecular Hbond substituents is 1. The van der Waals surface area contributed by atoms with E-state index in [9.17, 15) is 9.90 Å². The molecule has 3 rings (SSSR count). The second-order valence-corrected chi connectivity index (χ2v) is 10.6. The highest BCUT2D eigenvalue weighted by molar-refractivity contribution is 14.1. The van der Waals surface area contributed by atoms with E-state index in [0.29, 0.717) is 11.6 Å². The highest BCUT2D eigenvalue weighted by Crippen LogP contribution is 2.40. The number of carbonyl (C=O) groups is 1. The van der Waals surface area contributed by atoms with Crippen molar-refractivity contribution in [2.45, 2.75) is 52.4 Å². The number of aliphatic imine (C=N–C) groups is 1. The average molecular weight is 503 g/mol. The maximum Gasteiger partial charge on any atom is 0.363 e. The molecule has 4 nitrogen and oxygen atoms in total. The van der Waals surface area contributed by atoms with E-state index in [1.54, 1.807) is 6.08 Å². The van der Waals surface area contributed by atoms with Crippen LogP contribution in [0.2, 0.25) is 0 Å². The Morgan fingerprint density at radius 1 is 0.966 bits per heavy atom. The first-order valence-corrected chi connectivity index (χ1v) is 10.6. The molecular weight excluding hydrogens is 477 g/mol. The molecule has 2 aromatic carbocycles. The molecule has 0 radical (unpaired) electrons. The molecule has 0 amide bonds. The molecule has 0 unspecified atom stereocenters. The van der Waals surface area contributed by atoms with Gasteiger partial charge in [0.2, 0.25) is 5.90 Å². The first-order chi connectivity index (χ1) is 13.4. The lowest BCUT2D eigenvalue weighted by Gasteiger charge is -2.27. The van der Waals surface area contributed by atoms with Crippen LogP contribution in [-0.2, 0) is 20.4 Å². The number of halogens is 1. The van der Waals surface area contributed by atoms with Crippen molar-refractivity contribution in [3.8, 4) is 5.75 Å². The van der Waals surface area contributed by atoms with E-state index in [2.05, 4.69) is 69.1 Å². The Bertz CT molecular complexity index is 985. The predicted molar refractivity (Wildman–Crippen MR) is 125 cm³/mol. The standard InChI is InChI=1S/C24H26INO3/c1-23(2,3)17-11-14(12-18(20(17)27)24(4,5)6)13-19-22(28)29-21(26-19)15-7-9-16(25)10-8-15/h7-13,27H,1-6H3. The van der Waals surface area contributed by atoms with Crippen LogP contribution in [0, 0.1) is 3.57 Å². The summed E-state index contributed by atoms with van der Waals surface area (Å²) in [4.78, 5) is 16.8. The molecule has 0 atom stereocenters. The van der Waals surface area contributed by atoms with Crippen LogP contribution < -0.4 is 0 Å². The van der Waals surface area contributed by atoms with Gasteiger partial charge in [0.05, 0.1) is 0 Å². The molecule has 0 spiro atoms. The van der Waals surface area contributed by atoms with Crippen LogP contribution in [0.3, 0.4) is 0 Å².